The molecular formula is C29H25N3O2S. The number of aromatic nitrogens is 1. The molecule has 0 unspecified atom stereocenters. The van der Waals surface area contributed by atoms with Crippen LogP contribution in [0.2, 0.25) is 0 Å². The fourth-order valence-corrected chi connectivity index (χ4v) is 5.25. The number of ether oxygens (including phenoxy) is 1. The fraction of sp³-hybridized carbons (Fsp3) is 0.103. The van der Waals surface area contributed by atoms with Gasteiger partial charge in [0.15, 0.2) is 0 Å². The molecular weight excluding hydrogens is 454 g/mol. The summed E-state index contributed by atoms with van der Waals surface area (Å²) in [5, 5.41) is 0.802. The Morgan fingerprint density at radius 2 is 1.60 bits per heavy atom. The highest BCUT2D eigenvalue weighted by Gasteiger charge is 2.24. The molecule has 0 spiro atoms. The van der Waals surface area contributed by atoms with Crippen LogP contribution in [0.5, 0.6) is 5.75 Å². The molecule has 3 aromatic carbocycles. The van der Waals surface area contributed by atoms with Crippen molar-refractivity contribution in [3.63, 3.8) is 0 Å². The van der Waals surface area contributed by atoms with Gasteiger partial charge in [0, 0.05) is 24.5 Å². The Hall–Kier alpha value is -4.16. The summed E-state index contributed by atoms with van der Waals surface area (Å²) in [6.45, 7) is 0.501. The van der Waals surface area contributed by atoms with Crippen molar-refractivity contribution in [2.75, 3.05) is 19.9 Å². The Bertz CT molecular complexity index is 1480. The van der Waals surface area contributed by atoms with E-state index in [9.17, 15) is 4.79 Å². The van der Waals surface area contributed by atoms with Gasteiger partial charge in [-0.25, -0.2) is 4.98 Å². The molecule has 5 rings (SSSR count). The van der Waals surface area contributed by atoms with Crippen molar-refractivity contribution >= 4 is 33.1 Å². The van der Waals surface area contributed by atoms with Crippen molar-refractivity contribution in [3.8, 4) is 28.1 Å². The molecule has 35 heavy (non-hydrogen) atoms. The third-order valence-corrected chi connectivity index (χ3v) is 7.06. The molecule has 5 aromatic rings. The molecule has 174 valence electrons. The molecule has 0 aliphatic carbocycles. The molecule has 0 bridgehead atoms. The summed E-state index contributed by atoms with van der Waals surface area (Å²) >= 11 is 1.34. The molecule has 0 atom stereocenters. The van der Waals surface area contributed by atoms with Crippen LogP contribution in [0.3, 0.4) is 0 Å². The maximum atomic E-state index is 13.4. The molecule has 2 aromatic heterocycles. The van der Waals surface area contributed by atoms with Crippen LogP contribution in [0.25, 0.3) is 32.6 Å². The summed E-state index contributed by atoms with van der Waals surface area (Å²) in [5.74, 6) is 0.662. The smallest absolute Gasteiger partial charge is 0.266 e. The molecule has 0 radical (unpaired) electrons. The van der Waals surface area contributed by atoms with E-state index in [4.69, 9.17) is 15.5 Å². The minimum absolute atomic E-state index is 0.115. The van der Waals surface area contributed by atoms with Crippen LogP contribution >= 0.6 is 11.3 Å². The topological polar surface area (TPSA) is 68.5 Å². The van der Waals surface area contributed by atoms with Gasteiger partial charge in [-0.15, -0.1) is 11.3 Å². The minimum Gasteiger partial charge on any atom is -0.497 e. The predicted octanol–water partition coefficient (Wildman–Crippen LogP) is 6.49. The number of anilines is 1. The molecule has 2 N–H and O–H groups in total. The van der Waals surface area contributed by atoms with Gasteiger partial charge in [0.05, 0.1) is 18.5 Å². The number of methoxy groups -OCH3 is 1. The summed E-state index contributed by atoms with van der Waals surface area (Å²) in [6.07, 6.45) is 0. The number of thiophene rings is 1. The lowest BCUT2D eigenvalue weighted by molar-refractivity contribution is 0.0791. The second-order valence-corrected chi connectivity index (χ2v) is 9.32. The third kappa shape index (κ3) is 4.48. The number of fused-ring (bicyclic) bond motifs is 1. The Labute approximate surface area is 208 Å². The van der Waals surface area contributed by atoms with Crippen molar-refractivity contribution in [2.24, 2.45) is 0 Å². The molecule has 0 saturated carbocycles. The largest absolute Gasteiger partial charge is 0.497 e. The molecule has 6 heteroatoms. The van der Waals surface area contributed by atoms with Crippen LogP contribution in [-0.4, -0.2) is 29.9 Å². The summed E-state index contributed by atoms with van der Waals surface area (Å²) < 4.78 is 5.33. The lowest BCUT2D eigenvalue weighted by Crippen LogP contribution is -2.26. The van der Waals surface area contributed by atoms with Crippen molar-refractivity contribution in [2.45, 2.75) is 6.54 Å². The van der Waals surface area contributed by atoms with Gasteiger partial charge in [0.2, 0.25) is 0 Å². The standard InChI is InChI=1S/C29H25N3O2S/c1-32(18-19-9-5-3-6-10-19)29(33)27-26(30)25-23(20-13-15-22(34-2)16-14-20)17-24(31-28(25)35-27)21-11-7-4-8-12-21/h3-17H,18,30H2,1-2H3. The number of nitrogens with two attached hydrogens (primary N) is 1. The normalized spacial score (nSPS) is 10.9. The molecule has 0 aliphatic heterocycles. The second-order valence-electron chi connectivity index (χ2n) is 8.32. The van der Waals surface area contributed by atoms with E-state index in [2.05, 4.69) is 0 Å². The van der Waals surface area contributed by atoms with Crippen LogP contribution in [0.15, 0.2) is 91.0 Å². The maximum absolute atomic E-state index is 13.4. The number of hydrogen-bond donors (Lipinski definition) is 1. The number of nitrogens with zero attached hydrogens (tertiary/aromatic N) is 2. The Morgan fingerprint density at radius 1 is 0.943 bits per heavy atom. The Kier molecular flexibility index (Phi) is 6.21. The van der Waals surface area contributed by atoms with Gasteiger partial charge in [-0.1, -0.05) is 72.8 Å². The highest BCUT2D eigenvalue weighted by atomic mass is 32.1. The highest BCUT2D eigenvalue weighted by Crippen LogP contribution is 2.42. The van der Waals surface area contributed by atoms with Crippen molar-refractivity contribution in [1.29, 1.82) is 0 Å². The van der Waals surface area contributed by atoms with Crippen molar-refractivity contribution < 1.29 is 9.53 Å². The average Bonchev–Trinajstić information content (AvgIpc) is 3.25. The molecule has 5 nitrogen and oxygen atoms in total. The highest BCUT2D eigenvalue weighted by molar-refractivity contribution is 7.21. The summed E-state index contributed by atoms with van der Waals surface area (Å²) in [6, 6.07) is 29.8. The number of carbonyl (C=O) groups excluding carboxylic acids is 1. The third-order valence-electron chi connectivity index (χ3n) is 5.97. The first kappa shape index (κ1) is 22.6. The lowest BCUT2D eigenvalue weighted by atomic mass is 9.99. The van der Waals surface area contributed by atoms with Crippen molar-refractivity contribution in [3.05, 3.63) is 101 Å². The number of hydrogen-bond acceptors (Lipinski definition) is 5. The SMILES string of the molecule is COc1ccc(-c2cc(-c3ccccc3)nc3sc(C(=O)N(C)Cc4ccccc4)c(N)c23)cc1. The number of rotatable bonds is 6. The summed E-state index contributed by atoms with van der Waals surface area (Å²) in [4.78, 5) is 21.3. The van der Waals surface area contributed by atoms with E-state index >= 15 is 0 Å². The zero-order chi connectivity index (χ0) is 24.4. The minimum atomic E-state index is -0.115. The summed E-state index contributed by atoms with van der Waals surface area (Å²) in [5.41, 5.74) is 11.9. The van der Waals surface area contributed by atoms with Gasteiger partial charge in [0.1, 0.15) is 15.5 Å². The number of nitrogen functional groups attached to an aromatic ring is 1. The monoisotopic (exact) mass is 479 g/mol. The zero-order valence-electron chi connectivity index (χ0n) is 19.6. The number of amides is 1. The van der Waals surface area contributed by atoms with E-state index < -0.39 is 0 Å². The molecule has 2 heterocycles. The molecule has 0 aliphatic rings. The van der Waals surface area contributed by atoms with Gasteiger partial charge < -0.3 is 15.4 Å². The summed E-state index contributed by atoms with van der Waals surface area (Å²) in [7, 11) is 3.44. The fourth-order valence-electron chi connectivity index (χ4n) is 4.14. The lowest BCUT2D eigenvalue weighted by Gasteiger charge is -2.16. The van der Waals surface area contributed by atoms with E-state index in [-0.39, 0.29) is 5.91 Å². The number of benzene rings is 3. The first-order chi connectivity index (χ1) is 17.0. The van der Waals surface area contributed by atoms with E-state index in [1.54, 1.807) is 19.1 Å². The van der Waals surface area contributed by atoms with Crippen molar-refractivity contribution in [1.82, 2.24) is 9.88 Å². The van der Waals surface area contributed by atoms with Crippen LogP contribution in [0.4, 0.5) is 5.69 Å². The Balaban J connectivity index is 1.63. The molecule has 1 amide bonds. The number of pyridine rings is 1. The predicted molar refractivity (Wildman–Crippen MR) is 144 cm³/mol. The molecule has 0 fully saturated rings. The Morgan fingerprint density at radius 3 is 2.26 bits per heavy atom. The first-order valence-corrected chi connectivity index (χ1v) is 12.1. The average molecular weight is 480 g/mol. The maximum Gasteiger partial charge on any atom is 0.266 e. The van der Waals surface area contributed by atoms with Crippen LogP contribution < -0.4 is 10.5 Å². The van der Waals surface area contributed by atoms with Gasteiger partial charge >= 0.3 is 0 Å². The van der Waals surface area contributed by atoms with E-state index in [1.807, 2.05) is 91.0 Å². The van der Waals surface area contributed by atoms with Crippen LogP contribution in [-0.2, 0) is 6.54 Å². The van der Waals surface area contributed by atoms with Gasteiger partial charge in [-0.2, -0.15) is 0 Å². The van der Waals surface area contributed by atoms with E-state index in [0.717, 1.165) is 43.9 Å². The van der Waals surface area contributed by atoms with E-state index in [0.29, 0.717) is 17.1 Å². The quantitative estimate of drug-likeness (QED) is 0.302. The van der Waals surface area contributed by atoms with Crippen LogP contribution in [0, 0.1) is 0 Å². The van der Waals surface area contributed by atoms with E-state index in [1.165, 1.54) is 11.3 Å². The first-order valence-electron chi connectivity index (χ1n) is 11.3. The van der Waals surface area contributed by atoms with Gasteiger partial charge in [0.25, 0.3) is 5.91 Å². The van der Waals surface area contributed by atoms with Crippen LogP contribution in [0.1, 0.15) is 15.2 Å². The molecule has 0 saturated heterocycles. The number of carbonyl (C=O) groups is 1. The van der Waals surface area contributed by atoms with Gasteiger partial charge in [-0.05, 0) is 34.9 Å². The van der Waals surface area contributed by atoms with Gasteiger partial charge in [-0.3, -0.25) is 4.79 Å². The zero-order valence-corrected chi connectivity index (χ0v) is 20.4. The second kappa shape index (κ2) is 9.60.